The first-order valence-electron chi connectivity index (χ1n) is 8.98. The Kier molecular flexibility index (Phi) is 8.35. The van der Waals surface area contributed by atoms with Gasteiger partial charge < -0.3 is 9.74 Å². The topological polar surface area (TPSA) is 38.3 Å². The van der Waals surface area contributed by atoms with Gasteiger partial charge in [0, 0.05) is 12.0 Å². The number of amides is 1. The molecule has 0 aromatic carbocycles. The molecule has 0 spiro atoms. The van der Waals surface area contributed by atoms with E-state index in [-0.39, 0.29) is 17.2 Å². The van der Waals surface area contributed by atoms with Crippen LogP contribution in [-0.4, -0.2) is 30.2 Å². The Labute approximate surface area is 168 Å². The van der Waals surface area contributed by atoms with E-state index < -0.39 is 18.0 Å². The lowest BCUT2D eigenvalue weighted by atomic mass is 9.86. The summed E-state index contributed by atoms with van der Waals surface area (Å²) in [6, 6.07) is -0.196. The van der Waals surface area contributed by atoms with Crippen molar-refractivity contribution in [2.24, 2.45) is 5.92 Å². The Morgan fingerprint density at radius 2 is 1.76 bits per heavy atom. The molecule has 0 radical (unpaired) electrons. The van der Waals surface area contributed by atoms with Crippen LogP contribution in [0.4, 0.5) is 0 Å². The van der Waals surface area contributed by atoms with Gasteiger partial charge in [0.2, 0.25) is 0 Å². The van der Waals surface area contributed by atoms with Gasteiger partial charge in [-0.25, -0.2) is 0 Å². The molecule has 1 N–H and O–H groups in total. The third-order valence-electron chi connectivity index (χ3n) is 5.27. The molecule has 1 rings (SSSR count). The lowest BCUT2D eigenvalue weighted by Gasteiger charge is -2.42. The van der Waals surface area contributed by atoms with Crippen molar-refractivity contribution in [1.82, 2.24) is 5.32 Å². The van der Waals surface area contributed by atoms with Gasteiger partial charge in [0.1, 0.15) is 0 Å². The van der Waals surface area contributed by atoms with E-state index in [2.05, 4.69) is 45.3 Å². The molecule has 25 heavy (non-hydrogen) atoms. The third-order valence-corrected chi connectivity index (χ3v) is 10.3. The van der Waals surface area contributed by atoms with Gasteiger partial charge in [-0.05, 0) is 37.9 Å². The highest BCUT2D eigenvalue weighted by Gasteiger charge is 2.40. The van der Waals surface area contributed by atoms with Crippen molar-refractivity contribution in [1.29, 1.82) is 0 Å². The molecule has 0 bridgehead atoms. The molecule has 1 aliphatic carbocycles. The van der Waals surface area contributed by atoms with Gasteiger partial charge >= 0.3 is 0 Å². The summed E-state index contributed by atoms with van der Waals surface area (Å²) < 4.78 is 4.73. The van der Waals surface area contributed by atoms with E-state index in [0.717, 1.165) is 12.8 Å². The van der Waals surface area contributed by atoms with Crippen LogP contribution in [0.25, 0.3) is 0 Å². The highest BCUT2D eigenvalue weighted by atomic mass is 35.6. The second kappa shape index (κ2) is 8.96. The third kappa shape index (κ3) is 7.41. The second-order valence-electron chi connectivity index (χ2n) is 8.51. The molecule has 1 saturated carbocycles. The quantitative estimate of drug-likeness (QED) is 0.331. The van der Waals surface area contributed by atoms with Crippen LogP contribution >= 0.6 is 34.8 Å². The minimum absolute atomic E-state index is 0.196. The van der Waals surface area contributed by atoms with Gasteiger partial charge in [-0.3, -0.25) is 4.79 Å². The summed E-state index contributed by atoms with van der Waals surface area (Å²) in [7, 11) is -1.80. The number of hydrogen-bond donors (Lipinski definition) is 1. The van der Waals surface area contributed by atoms with Crippen LogP contribution in [0.5, 0.6) is 0 Å². The first-order valence-corrected chi connectivity index (χ1v) is 13.0. The zero-order valence-corrected chi connectivity index (χ0v) is 19.4. The Bertz CT molecular complexity index is 484. The van der Waals surface area contributed by atoms with Crippen molar-refractivity contribution >= 4 is 49.0 Å². The molecule has 1 aliphatic rings. The van der Waals surface area contributed by atoms with Gasteiger partial charge in [0.25, 0.3) is 9.70 Å². The number of hydrogen-bond acceptors (Lipinski definition) is 2. The van der Waals surface area contributed by atoms with Crippen molar-refractivity contribution in [2.45, 2.75) is 87.4 Å². The summed E-state index contributed by atoms with van der Waals surface area (Å²) in [4.78, 5) is 11.7. The average molecular weight is 429 g/mol. The molecule has 3 nitrogen and oxygen atoms in total. The highest BCUT2D eigenvalue weighted by Crippen LogP contribution is 2.40. The van der Waals surface area contributed by atoms with Crippen molar-refractivity contribution in [3.63, 3.8) is 0 Å². The Balaban J connectivity index is 2.72. The lowest BCUT2D eigenvalue weighted by Crippen LogP contribution is -2.46. The fraction of sp³-hybridized carbons (Fsp3) is 0.833. The van der Waals surface area contributed by atoms with Gasteiger partial charge in [-0.2, -0.15) is 0 Å². The van der Waals surface area contributed by atoms with E-state index in [4.69, 9.17) is 39.2 Å². The van der Waals surface area contributed by atoms with E-state index in [1.807, 2.05) is 13.0 Å². The normalized spacial score (nSPS) is 24.4. The molecule has 1 amide bonds. The molecule has 1 fully saturated rings. The first kappa shape index (κ1) is 23.3. The van der Waals surface area contributed by atoms with E-state index in [0.29, 0.717) is 5.92 Å². The molecule has 7 heteroatoms. The Morgan fingerprint density at radius 3 is 2.28 bits per heavy atom. The number of rotatable bonds is 5. The Hall–Kier alpha value is 0.257. The fourth-order valence-corrected chi connectivity index (χ4v) is 4.26. The molecule has 146 valence electrons. The average Bonchev–Trinajstić information content (AvgIpc) is 2.43. The number of carbonyl (C=O) groups excluding carboxylic acids is 1. The van der Waals surface area contributed by atoms with Crippen LogP contribution in [0.1, 0.15) is 53.4 Å². The summed E-state index contributed by atoms with van der Waals surface area (Å²) in [5, 5.41) is 2.89. The fourth-order valence-electron chi connectivity index (χ4n) is 2.69. The first-order chi connectivity index (χ1) is 11.2. The molecule has 0 heterocycles. The van der Waals surface area contributed by atoms with Crippen molar-refractivity contribution in [2.75, 3.05) is 0 Å². The van der Waals surface area contributed by atoms with Crippen molar-refractivity contribution in [3.8, 4) is 0 Å². The molecule has 0 aliphatic heterocycles. The number of alkyl halides is 3. The molecule has 0 unspecified atom stereocenters. The summed E-state index contributed by atoms with van der Waals surface area (Å²) in [6.45, 7) is 13.3. The monoisotopic (exact) mass is 427 g/mol. The van der Waals surface area contributed by atoms with Crippen LogP contribution in [0.15, 0.2) is 12.2 Å². The van der Waals surface area contributed by atoms with E-state index >= 15 is 0 Å². The summed E-state index contributed by atoms with van der Waals surface area (Å²) in [5.41, 5.74) is 0. The zero-order chi connectivity index (χ0) is 19.5. The summed E-state index contributed by atoms with van der Waals surface area (Å²) in [5.74, 6) is -0.234. The van der Waals surface area contributed by atoms with Crippen molar-refractivity contribution in [3.05, 3.63) is 12.2 Å². The smallest absolute Gasteiger partial charge is 0.272 e. The SMILES string of the molecule is C[C@@H](/C=C/[C@@H]1CCCC[C@@H]1O[Si](C)(C)C(C)(C)C)NC(=O)C(Cl)(Cl)Cl. The van der Waals surface area contributed by atoms with Gasteiger partial charge in [0.05, 0.1) is 6.10 Å². The van der Waals surface area contributed by atoms with Gasteiger partial charge in [0.15, 0.2) is 8.32 Å². The second-order valence-corrected chi connectivity index (χ2v) is 15.5. The van der Waals surface area contributed by atoms with E-state index in [9.17, 15) is 4.79 Å². The van der Waals surface area contributed by atoms with Gasteiger partial charge in [-0.1, -0.05) is 80.6 Å². The molecule has 0 aromatic heterocycles. The minimum atomic E-state index is -1.93. The minimum Gasteiger partial charge on any atom is -0.413 e. The zero-order valence-electron chi connectivity index (χ0n) is 16.2. The van der Waals surface area contributed by atoms with Crippen LogP contribution in [0.2, 0.25) is 18.1 Å². The molecule has 0 saturated heterocycles. The summed E-state index contributed by atoms with van der Waals surface area (Å²) >= 11 is 16.8. The van der Waals surface area contributed by atoms with Crippen LogP contribution in [0, 0.1) is 5.92 Å². The lowest BCUT2D eigenvalue weighted by molar-refractivity contribution is -0.120. The molecular formula is C18H32Cl3NO2Si. The number of nitrogens with one attached hydrogen (secondary N) is 1. The Morgan fingerprint density at radius 1 is 1.20 bits per heavy atom. The maximum Gasteiger partial charge on any atom is 0.272 e. The summed E-state index contributed by atoms with van der Waals surface area (Å²) in [6.07, 6.45) is 9.02. The largest absolute Gasteiger partial charge is 0.413 e. The van der Waals surface area contributed by atoms with E-state index in [1.165, 1.54) is 12.8 Å². The number of halogens is 3. The maximum absolute atomic E-state index is 11.7. The maximum atomic E-state index is 11.7. The molecule has 0 aromatic rings. The van der Waals surface area contributed by atoms with Crippen LogP contribution in [0.3, 0.4) is 0 Å². The van der Waals surface area contributed by atoms with Crippen LogP contribution in [-0.2, 0) is 9.22 Å². The van der Waals surface area contributed by atoms with Gasteiger partial charge in [-0.15, -0.1) is 0 Å². The highest BCUT2D eigenvalue weighted by molar-refractivity contribution is 6.76. The van der Waals surface area contributed by atoms with Crippen molar-refractivity contribution < 1.29 is 9.22 Å². The molecular weight excluding hydrogens is 397 g/mol. The predicted molar refractivity (Wildman–Crippen MR) is 111 cm³/mol. The molecule has 3 atom stereocenters. The van der Waals surface area contributed by atoms with E-state index in [1.54, 1.807) is 0 Å². The standard InChI is InChI=1S/C18H32Cl3NO2Si/c1-13(22-16(23)18(19,20)21)11-12-14-9-7-8-10-15(14)24-25(5,6)17(2,3)4/h11-15H,7-10H2,1-6H3,(H,22,23)/b12-11+/t13-,14-,15-/m0/s1. The van der Waals surface area contributed by atoms with Crippen LogP contribution < -0.4 is 5.32 Å². The predicted octanol–water partition coefficient (Wildman–Crippen LogP) is 6.00. The number of carbonyl (C=O) groups is 1.